The molecule has 0 saturated heterocycles. The lowest BCUT2D eigenvalue weighted by atomic mass is 10.1. The topological polar surface area (TPSA) is 77.1 Å². The van der Waals surface area contributed by atoms with Crippen molar-refractivity contribution < 1.29 is 4.79 Å². The van der Waals surface area contributed by atoms with Gasteiger partial charge in [-0.15, -0.1) is 0 Å². The SMILES string of the molecule is CC[C@H](C)CNC(=O)c1nc(-c2ccnn2-c2ccc(C)cc2)n2ccncc12. The summed E-state index contributed by atoms with van der Waals surface area (Å²) < 4.78 is 3.71. The lowest BCUT2D eigenvalue weighted by molar-refractivity contribution is 0.0945. The maximum atomic E-state index is 12.8. The Kier molecular flexibility index (Phi) is 5.12. The van der Waals surface area contributed by atoms with Crippen LogP contribution in [-0.4, -0.2) is 36.6 Å². The molecule has 3 heterocycles. The first-order valence-electron chi connectivity index (χ1n) is 9.80. The van der Waals surface area contributed by atoms with Gasteiger partial charge in [-0.2, -0.15) is 5.10 Å². The van der Waals surface area contributed by atoms with Crippen LogP contribution < -0.4 is 5.32 Å². The van der Waals surface area contributed by atoms with Crippen molar-refractivity contribution in [2.24, 2.45) is 5.92 Å². The molecular formula is C22H24N6O. The van der Waals surface area contributed by atoms with E-state index in [0.29, 0.717) is 29.5 Å². The van der Waals surface area contributed by atoms with Crippen LogP contribution in [0.25, 0.3) is 22.7 Å². The second kappa shape index (κ2) is 7.87. The molecule has 1 aromatic carbocycles. The van der Waals surface area contributed by atoms with Crippen molar-refractivity contribution in [2.75, 3.05) is 6.54 Å². The zero-order valence-electron chi connectivity index (χ0n) is 16.8. The van der Waals surface area contributed by atoms with Crippen molar-refractivity contribution in [1.29, 1.82) is 0 Å². The first-order chi connectivity index (χ1) is 14.1. The van der Waals surface area contributed by atoms with Crippen LogP contribution in [0.1, 0.15) is 36.3 Å². The lowest BCUT2D eigenvalue weighted by Crippen LogP contribution is -2.28. The van der Waals surface area contributed by atoms with Crippen LogP contribution in [0.4, 0.5) is 0 Å². The Balaban J connectivity index is 1.78. The largest absolute Gasteiger partial charge is 0.350 e. The summed E-state index contributed by atoms with van der Waals surface area (Å²) in [6, 6.07) is 10.0. The molecule has 0 radical (unpaired) electrons. The van der Waals surface area contributed by atoms with Crippen LogP contribution in [-0.2, 0) is 0 Å². The van der Waals surface area contributed by atoms with Gasteiger partial charge < -0.3 is 5.32 Å². The molecule has 1 amide bonds. The molecule has 0 saturated carbocycles. The second-order valence-corrected chi connectivity index (χ2v) is 7.30. The average Bonchev–Trinajstić information content (AvgIpc) is 3.37. The van der Waals surface area contributed by atoms with E-state index in [1.165, 1.54) is 5.56 Å². The molecule has 0 fully saturated rings. The summed E-state index contributed by atoms with van der Waals surface area (Å²) in [7, 11) is 0. The Labute approximate surface area is 169 Å². The Morgan fingerprint density at radius 1 is 1.17 bits per heavy atom. The standard InChI is InChI=1S/C22H24N6O/c1-4-15(2)13-24-22(29)20-19-14-23-11-12-27(19)21(26-20)18-9-10-25-28(18)17-7-5-16(3)6-8-17/h5-12,14-15H,4,13H2,1-3H3,(H,24,29)/t15-/m0/s1. The molecule has 0 aliphatic rings. The van der Waals surface area contributed by atoms with Gasteiger partial charge >= 0.3 is 0 Å². The fourth-order valence-corrected chi connectivity index (χ4v) is 3.15. The van der Waals surface area contributed by atoms with Crippen molar-refractivity contribution in [3.8, 4) is 17.2 Å². The third kappa shape index (κ3) is 3.63. The smallest absolute Gasteiger partial charge is 0.272 e. The molecule has 0 bridgehead atoms. The minimum absolute atomic E-state index is 0.191. The average molecular weight is 388 g/mol. The Morgan fingerprint density at radius 3 is 2.72 bits per heavy atom. The van der Waals surface area contributed by atoms with Gasteiger partial charge in [-0.05, 0) is 31.0 Å². The second-order valence-electron chi connectivity index (χ2n) is 7.30. The van der Waals surface area contributed by atoms with Gasteiger partial charge in [0.25, 0.3) is 5.91 Å². The van der Waals surface area contributed by atoms with Crippen LogP contribution in [0.3, 0.4) is 0 Å². The maximum absolute atomic E-state index is 12.8. The lowest BCUT2D eigenvalue weighted by Gasteiger charge is -2.08. The van der Waals surface area contributed by atoms with Crippen LogP contribution in [0.15, 0.2) is 55.1 Å². The minimum atomic E-state index is -0.191. The predicted octanol–water partition coefficient (Wildman–Crippen LogP) is 3.67. The number of hydrogen-bond acceptors (Lipinski definition) is 4. The van der Waals surface area contributed by atoms with Crippen molar-refractivity contribution in [1.82, 2.24) is 29.5 Å². The number of nitrogens with zero attached hydrogens (tertiary/aromatic N) is 5. The molecule has 4 rings (SSSR count). The summed E-state index contributed by atoms with van der Waals surface area (Å²) >= 11 is 0. The molecule has 7 nitrogen and oxygen atoms in total. The molecule has 148 valence electrons. The number of amides is 1. The van der Waals surface area contributed by atoms with Gasteiger partial charge in [0.2, 0.25) is 0 Å². The number of carbonyl (C=O) groups is 1. The van der Waals surface area contributed by atoms with Crippen LogP contribution in [0, 0.1) is 12.8 Å². The summed E-state index contributed by atoms with van der Waals surface area (Å²) in [5, 5.41) is 7.46. The molecular weight excluding hydrogens is 364 g/mol. The number of rotatable bonds is 6. The predicted molar refractivity (Wildman–Crippen MR) is 112 cm³/mol. The summed E-state index contributed by atoms with van der Waals surface area (Å²) in [5.74, 6) is 0.867. The van der Waals surface area contributed by atoms with Crippen molar-refractivity contribution in [2.45, 2.75) is 27.2 Å². The molecule has 1 atom stereocenters. The summed E-state index contributed by atoms with van der Waals surface area (Å²) in [6.07, 6.45) is 7.91. The Bertz CT molecular complexity index is 1140. The van der Waals surface area contributed by atoms with Gasteiger partial charge in [0.15, 0.2) is 11.5 Å². The van der Waals surface area contributed by atoms with Crippen LogP contribution in [0.5, 0.6) is 0 Å². The number of benzene rings is 1. The number of imidazole rings is 1. The zero-order valence-corrected chi connectivity index (χ0v) is 16.8. The fraction of sp³-hybridized carbons (Fsp3) is 0.273. The van der Waals surface area contributed by atoms with Gasteiger partial charge in [0.1, 0.15) is 5.69 Å². The summed E-state index contributed by atoms with van der Waals surface area (Å²) in [6.45, 7) is 6.88. The maximum Gasteiger partial charge on any atom is 0.272 e. The van der Waals surface area contributed by atoms with Crippen molar-refractivity contribution in [3.63, 3.8) is 0 Å². The normalized spacial score (nSPS) is 12.2. The monoisotopic (exact) mass is 388 g/mol. The van der Waals surface area contributed by atoms with Crippen molar-refractivity contribution >= 4 is 11.4 Å². The van der Waals surface area contributed by atoms with E-state index in [-0.39, 0.29) is 5.91 Å². The Morgan fingerprint density at radius 2 is 1.97 bits per heavy atom. The van der Waals surface area contributed by atoms with E-state index in [9.17, 15) is 4.79 Å². The van der Waals surface area contributed by atoms with Gasteiger partial charge in [0.05, 0.1) is 23.6 Å². The van der Waals surface area contributed by atoms with E-state index in [1.54, 1.807) is 18.6 Å². The molecule has 29 heavy (non-hydrogen) atoms. The van der Waals surface area contributed by atoms with Gasteiger partial charge in [-0.3, -0.25) is 14.2 Å². The minimum Gasteiger partial charge on any atom is -0.350 e. The summed E-state index contributed by atoms with van der Waals surface area (Å²) in [5.41, 5.74) is 3.95. The number of aryl methyl sites for hydroxylation is 1. The quantitative estimate of drug-likeness (QED) is 0.547. The van der Waals surface area contributed by atoms with Gasteiger partial charge in [-0.25, -0.2) is 9.67 Å². The molecule has 4 aromatic rings. The third-order valence-corrected chi connectivity index (χ3v) is 5.12. The van der Waals surface area contributed by atoms with E-state index in [1.807, 2.05) is 52.5 Å². The molecule has 0 aliphatic heterocycles. The van der Waals surface area contributed by atoms with E-state index >= 15 is 0 Å². The van der Waals surface area contributed by atoms with Crippen LogP contribution >= 0.6 is 0 Å². The number of aromatic nitrogens is 5. The number of nitrogens with one attached hydrogen (secondary N) is 1. The van der Waals surface area contributed by atoms with Crippen molar-refractivity contribution in [3.05, 3.63) is 66.4 Å². The Hall–Kier alpha value is -3.48. The van der Waals surface area contributed by atoms with Crippen LogP contribution in [0.2, 0.25) is 0 Å². The van der Waals surface area contributed by atoms with Gasteiger partial charge in [0, 0.05) is 18.9 Å². The first kappa shape index (κ1) is 18.9. The molecule has 0 aliphatic carbocycles. The van der Waals surface area contributed by atoms with E-state index in [2.05, 4.69) is 34.2 Å². The number of fused-ring (bicyclic) bond motifs is 1. The number of hydrogen-bond donors (Lipinski definition) is 1. The highest BCUT2D eigenvalue weighted by Crippen LogP contribution is 2.25. The van der Waals surface area contributed by atoms with E-state index in [4.69, 9.17) is 0 Å². The highest BCUT2D eigenvalue weighted by atomic mass is 16.1. The zero-order chi connectivity index (χ0) is 20.4. The first-order valence-corrected chi connectivity index (χ1v) is 9.80. The molecule has 3 aromatic heterocycles. The molecule has 0 unspecified atom stereocenters. The molecule has 7 heteroatoms. The highest BCUT2D eigenvalue weighted by Gasteiger charge is 2.21. The van der Waals surface area contributed by atoms with E-state index < -0.39 is 0 Å². The summed E-state index contributed by atoms with van der Waals surface area (Å²) in [4.78, 5) is 21.7. The fourth-order valence-electron chi connectivity index (χ4n) is 3.15. The third-order valence-electron chi connectivity index (χ3n) is 5.12. The molecule has 0 spiro atoms. The number of carbonyl (C=O) groups excluding carboxylic acids is 1. The molecule has 1 N–H and O–H groups in total. The van der Waals surface area contributed by atoms with E-state index in [0.717, 1.165) is 17.8 Å². The van der Waals surface area contributed by atoms with Gasteiger partial charge in [-0.1, -0.05) is 38.0 Å². The highest BCUT2D eigenvalue weighted by molar-refractivity contribution is 5.99.